The fraction of sp³-hybridized carbons (Fsp3) is 0.0833. The zero-order valence-corrected chi connectivity index (χ0v) is 11.2. The summed E-state index contributed by atoms with van der Waals surface area (Å²) >= 11 is 1.31. The molecular formula is C12H8N6OS. The van der Waals surface area contributed by atoms with Gasteiger partial charge in [-0.1, -0.05) is 17.3 Å². The van der Waals surface area contributed by atoms with E-state index in [-0.39, 0.29) is 0 Å². The number of benzene rings is 1. The Kier molecular flexibility index (Phi) is 2.43. The third-order valence-corrected chi connectivity index (χ3v) is 3.65. The number of rotatable bonds is 2. The molecule has 1 aromatic carbocycles. The van der Waals surface area contributed by atoms with Crippen LogP contribution < -0.4 is 0 Å². The topological polar surface area (TPSA) is 82.5 Å². The molecule has 0 spiro atoms. The van der Waals surface area contributed by atoms with E-state index in [0.29, 0.717) is 21.4 Å². The normalized spacial score (nSPS) is 11.4. The van der Waals surface area contributed by atoms with Crippen LogP contribution in [0.1, 0.15) is 0 Å². The summed E-state index contributed by atoms with van der Waals surface area (Å²) in [5.74, 6) is 0. The van der Waals surface area contributed by atoms with Crippen molar-refractivity contribution in [3.05, 3.63) is 30.6 Å². The van der Waals surface area contributed by atoms with Crippen molar-refractivity contribution in [1.29, 1.82) is 0 Å². The van der Waals surface area contributed by atoms with Crippen LogP contribution in [0.15, 0.2) is 45.3 Å². The second-order valence-corrected chi connectivity index (χ2v) is 5.05. The van der Waals surface area contributed by atoms with Gasteiger partial charge in [-0.3, -0.25) is 0 Å². The monoisotopic (exact) mass is 284 g/mol. The van der Waals surface area contributed by atoms with E-state index in [0.717, 1.165) is 11.1 Å². The van der Waals surface area contributed by atoms with Gasteiger partial charge in [-0.05, 0) is 23.9 Å². The minimum atomic E-state index is 0.525. The number of para-hydroxylation sites is 2. The van der Waals surface area contributed by atoms with Crippen LogP contribution in [0.5, 0.6) is 0 Å². The van der Waals surface area contributed by atoms with Crippen molar-refractivity contribution in [2.45, 2.75) is 10.2 Å². The first-order chi connectivity index (χ1) is 9.81. The molecule has 0 radical (unpaired) electrons. The summed E-state index contributed by atoms with van der Waals surface area (Å²) < 4.78 is 7.27. The van der Waals surface area contributed by atoms with Gasteiger partial charge in [0.1, 0.15) is 16.9 Å². The number of hydrogen-bond donors (Lipinski definition) is 0. The molecule has 8 heteroatoms. The Balaban J connectivity index is 1.80. The maximum atomic E-state index is 5.66. The summed E-state index contributed by atoms with van der Waals surface area (Å²) in [6.07, 6.45) is 1.48. The van der Waals surface area contributed by atoms with Crippen molar-refractivity contribution in [3.8, 4) is 0 Å². The van der Waals surface area contributed by atoms with E-state index in [9.17, 15) is 0 Å². The first-order valence-electron chi connectivity index (χ1n) is 5.85. The number of fused-ring (bicyclic) bond motifs is 2. The van der Waals surface area contributed by atoms with Crippen molar-refractivity contribution in [3.63, 3.8) is 0 Å². The predicted octanol–water partition coefficient (Wildman–Crippen LogP) is 2.05. The zero-order chi connectivity index (χ0) is 13.5. The molecule has 0 saturated heterocycles. The largest absolute Gasteiger partial charge is 0.431 e. The van der Waals surface area contributed by atoms with Gasteiger partial charge in [-0.15, -0.1) is 5.10 Å². The summed E-state index contributed by atoms with van der Waals surface area (Å²) in [4.78, 5) is 12.8. The molecule has 0 fully saturated rings. The number of aryl methyl sites for hydroxylation is 1. The van der Waals surface area contributed by atoms with Crippen LogP contribution in [0.2, 0.25) is 0 Å². The van der Waals surface area contributed by atoms with E-state index >= 15 is 0 Å². The minimum absolute atomic E-state index is 0.525. The lowest BCUT2D eigenvalue weighted by Gasteiger charge is -1.96. The standard InChI is InChI=1S/C12H8N6OS/c1-18-10-9(16-17-18)11(14-6-13-10)20-12-15-7-4-2-3-5-8(7)19-12/h2-6H,1H3. The molecular weight excluding hydrogens is 276 g/mol. The lowest BCUT2D eigenvalue weighted by atomic mass is 10.3. The summed E-state index contributed by atoms with van der Waals surface area (Å²) in [5.41, 5.74) is 2.89. The van der Waals surface area contributed by atoms with Gasteiger partial charge in [0.05, 0.1) is 0 Å². The van der Waals surface area contributed by atoms with E-state index in [1.54, 1.807) is 11.7 Å². The molecule has 0 aliphatic heterocycles. The molecule has 4 aromatic rings. The third-order valence-electron chi connectivity index (χ3n) is 2.81. The maximum Gasteiger partial charge on any atom is 0.263 e. The molecule has 20 heavy (non-hydrogen) atoms. The van der Waals surface area contributed by atoms with Crippen LogP contribution in [0.3, 0.4) is 0 Å². The highest BCUT2D eigenvalue weighted by Crippen LogP contribution is 2.31. The molecule has 0 saturated carbocycles. The fourth-order valence-corrected chi connectivity index (χ4v) is 2.65. The molecule has 98 valence electrons. The number of nitrogens with zero attached hydrogens (tertiary/aromatic N) is 6. The Labute approximate surface area is 117 Å². The lowest BCUT2D eigenvalue weighted by molar-refractivity contribution is 0.489. The van der Waals surface area contributed by atoms with E-state index in [1.807, 2.05) is 24.3 Å². The van der Waals surface area contributed by atoms with Crippen LogP contribution >= 0.6 is 11.8 Å². The average molecular weight is 284 g/mol. The van der Waals surface area contributed by atoms with Gasteiger partial charge >= 0.3 is 0 Å². The highest BCUT2D eigenvalue weighted by molar-refractivity contribution is 7.99. The Hall–Kier alpha value is -2.48. The maximum absolute atomic E-state index is 5.66. The van der Waals surface area contributed by atoms with E-state index < -0.39 is 0 Å². The van der Waals surface area contributed by atoms with Crippen LogP contribution in [-0.2, 0) is 7.05 Å². The molecule has 0 N–H and O–H groups in total. The number of hydrogen-bond acceptors (Lipinski definition) is 7. The van der Waals surface area contributed by atoms with Gasteiger partial charge < -0.3 is 4.42 Å². The van der Waals surface area contributed by atoms with Crippen molar-refractivity contribution >= 4 is 34.0 Å². The predicted molar refractivity (Wildman–Crippen MR) is 72.2 cm³/mol. The molecule has 0 unspecified atom stereocenters. The number of aromatic nitrogens is 6. The number of oxazole rings is 1. The minimum Gasteiger partial charge on any atom is -0.431 e. The molecule has 0 aliphatic carbocycles. The first kappa shape index (κ1) is 11.4. The average Bonchev–Trinajstić information content (AvgIpc) is 3.03. The zero-order valence-electron chi connectivity index (χ0n) is 10.4. The van der Waals surface area contributed by atoms with Crippen LogP contribution in [0.25, 0.3) is 22.3 Å². The second-order valence-electron chi connectivity index (χ2n) is 4.11. The van der Waals surface area contributed by atoms with Gasteiger partial charge in [0.15, 0.2) is 16.7 Å². The first-order valence-corrected chi connectivity index (χ1v) is 6.67. The highest BCUT2D eigenvalue weighted by atomic mass is 32.2. The fourth-order valence-electron chi connectivity index (χ4n) is 1.88. The SMILES string of the molecule is Cn1nnc2c(Sc3nc4ccccc4o3)ncnc21. The Morgan fingerprint density at radius 2 is 2.10 bits per heavy atom. The van der Waals surface area contributed by atoms with Crippen LogP contribution in [0, 0.1) is 0 Å². The summed E-state index contributed by atoms with van der Waals surface area (Å²) in [6, 6.07) is 7.61. The molecule has 0 aliphatic rings. The smallest absolute Gasteiger partial charge is 0.263 e. The Morgan fingerprint density at radius 1 is 1.20 bits per heavy atom. The van der Waals surface area contributed by atoms with Crippen molar-refractivity contribution < 1.29 is 4.42 Å². The molecule has 3 aromatic heterocycles. The molecule has 7 nitrogen and oxygen atoms in total. The lowest BCUT2D eigenvalue weighted by Crippen LogP contribution is -1.92. The van der Waals surface area contributed by atoms with Gasteiger partial charge in [0.2, 0.25) is 0 Å². The van der Waals surface area contributed by atoms with E-state index in [1.165, 1.54) is 18.1 Å². The molecule has 0 atom stereocenters. The summed E-state index contributed by atoms with van der Waals surface area (Å²) in [7, 11) is 1.79. The van der Waals surface area contributed by atoms with E-state index in [4.69, 9.17) is 4.42 Å². The Morgan fingerprint density at radius 3 is 3.00 bits per heavy atom. The van der Waals surface area contributed by atoms with Crippen molar-refractivity contribution in [1.82, 2.24) is 29.9 Å². The van der Waals surface area contributed by atoms with Crippen LogP contribution in [0.4, 0.5) is 0 Å². The van der Waals surface area contributed by atoms with E-state index in [2.05, 4.69) is 25.3 Å². The van der Waals surface area contributed by atoms with Crippen molar-refractivity contribution in [2.75, 3.05) is 0 Å². The van der Waals surface area contributed by atoms with Gasteiger partial charge in [0, 0.05) is 7.05 Å². The molecule has 3 heterocycles. The highest BCUT2D eigenvalue weighted by Gasteiger charge is 2.14. The van der Waals surface area contributed by atoms with Gasteiger partial charge in [0.25, 0.3) is 5.22 Å². The van der Waals surface area contributed by atoms with Gasteiger partial charge in [-0.25, -0.2) is 19.6 Å². The Bertz CT molecular complexity index is 882. The second kappa shape index (κ2) is 4.27. The summed E-state index contributed by atoms with van der Waals surface area (Å²) in [6.45, 7) is 0. The van der Waals surface area contributed by atoms with Gasteiger partial charge in [-0.2, -0.15) is 0 Å². The quantitative estimate of drug-likeness (QED) is 0.521. The third kappa shape index (κ3) is 1.73. The molecule has 4 rings (SSSR count). The van der Waals surface area contributed by atoms with Crippen molar-refractivity contribution in [2.24, 2.45) is 7.05 Å². The molecule has 0 amide bonds. The molecule has 0 bridgehead atoms. The summed E-state index contributed by atoms with van der Waals surface area (Å²) in [5, 5.41) is 9.21. The van der Waals surface area contributed by atoms with Crippen LogP contribution in [-0.4, -0.2) is 29.9 Å².